The highest BCUT2D eigenvalue weighted by atomic mass is 35.5. The highest BCUT2D eigenvalue weighted by Crippen LogP contribution is 2.32. The van der Waals surface area contributed by atoms with Crippen molar-refractivity contribution in [2.75, 3.05) is 0 Å². The zero-order chi connectivity index (χ0) is 13.9. The van der Waals surface area contributed by atoms with Crippen molar-refractivity contribution in [1.29, 1.82) is 0 Å². The summed E-state index contributed by atoms with van der Waals surface area (Å²) < 4.78 is 13.7. The average Bonchev–Trinajstić information content (AvgIpc) is 2.34. The van der Waals surface area contributed by atoms with Gasteiger partial charge in [0.25, 0.3) is 0 Å². The SMILES string of the molecule is C#Cc1c(F)c(Cl)cc2cc(O)cc(C)c12.CC. The first-order valence-corrected chi connectivity index (χ1v) is 6.00. The van der Waals surface area contributed by atoms with Crippen LogP contribution < -0.4 is 0 Å². The van der Waals surface area contributed by atoms with Crippen LogP contribution in [0.4, 0.5) is 4.39 Å². The fraction of sp³-hybridized carbons (Fsp3) is 0.200. The molecule has 0 saturated heterocycles. The molecule has 0 aliphatic heterocycles. The normalized spacial score (nSPS) is 9.56. The zero-order valence-electron chi connectivity index (χ0n) is 10.5. The fourth-order valence-corrected chi connectivity index (χ4v) is 2.03. The van der Waals surface area contributed by atoms with Gasteiger partial charge < -0.3 is 5.11 Å². The van der Waals surface area contributed by atoms with Crippen LogP contribution in [0.3, 0.4) is 0 Å². The molecule has 0 unspecified atom stereocenters. The van der Waals surface area contributed by atoms with Crippen molar-refractivity contribution >= 4 is 22.4 Å². The van der Waals surface area contributed by atoms with E-state index in [9.17, 15) is 9.50 Å². The second-order valence-electron chi connectivity index (χ2n) is 3.55. The monoisotopic (exact) mass is 264 g/mol. The molecule has 0 heterocycles. The number of hydrogen-bond donors (Lipinski definition) is 1. The van der Waals surface area contributed by atoms with Gasteiger partial charge in [-0.3, -0.25) is 0 Å². The van der Waals surface area contributed by atoms with Gasteiger partial charge >= 0.3 is 0 Å². The molecule has 0 atom stereocenters. The van der Waals surface area contributed by atoms with Crippen molar-refractivity contribution < 1.29 is 9.50 Å². The maximum atomic E-state index is 13.7. The smallest absolute Gasteiger partial charge is 0.158 e. The van der Waals surface area contributed by atoms with E-state index >= 15 is 0 Å². The van der Waals surface area contributed by atoms with E-state index in [1.807, 2.05) is 13.8 Å². The van der Waals surface area contributed by atoms with Crippen LogP contribution in [-0.2, 0) is 0 Å². The van der Waals surface area contributed by atoms with Gasteiger partial charge in [-0.25, -0.2) is 4.39 Å². The minimum atomic E-state index is -0.592. The van der Waals surface area contributed by atoms with E-state index in [0.29, 0.717) is 10.8 Å². The zero-order valence-corrected chi connectivity index (χ0v) is 11.3. The summed E-state index contributed by atoms with van der Waals surface area (Å²) in [6, 6.07) is 4.50. The Morgan fingerprint density at radius 1 is 1.28 bits per heavy atom. The number of fused-ring (bicyclic) bond motifs is 1. The summed E-state index contributed by atoms with van der Waals surface area (Å²) in [4.78, 5) is 0. The van der Waals surface area contributed by atoms with E-state index < -0.39 is 5.82 Å². The highest BCUT2D eigenvalue weighted by molar-refractivity contribution is 6.31. The summed E-state index contributed by atoms with van der Waals surface area (Å²) in [7, 11) is 0. The molecular weight excluding hydrogens is 251 g/mol. The summed E-state index contributed by atoms with van der Waals surface area (Å²) in [6.45, 7) is 5.76. The van der Waals surface area contributed by atoms with Gasteiger partial charge in [-0.15, -0.1) is 6.42 Å². The lowest BCUT2D eigenvalue weighted by atomic mass is 9.99. The second-order valence-corrected chi connectivity index (χ2v) is 3.96. The maximum Gasteiger partial charge on any atom is 0.158 e. The molecule has 18 heavy (non-hydrogen) atoms. The Morgan fingerprint density at radius 3 is 2.44 bits per heavy atom. The Balaban J connectivity index is 0.000000771. The third kappa shape index (κ3) is 2.42. The van der Waals surface area contributed by atoms with Crippen LogP contribution in [0.1, 0.15) is 25.0 Å². The van der Waals surface area contributed by atoms with Crippen LogP contribution in [0.25, 0.3) is 10.8 Å². The van der Waals surface area contributed by atoms with Gasteiger partial charge in [-0.1, -0.05) is 31.4 Å². The van der Waals surface area contributed by atoms with Gasteiger partial charge in [0.1, 0.15) is 5.75 Å². The largest absolute Gasteiger partial charge is 0.508 e. The van der Waals surface area contributed by atoms with Crippen molar-refractivity contribution in [3.8, 4) is 18.1 Å². The molecule has 94 valence electrons. The van der Waals surface area contributed by atoms with Crippen LogP contribution >= 0.6 is 11.6 Å². The summed E-state index contributed by atoms with van der Waals surface area (Å²) >= 11 is 5.72. The summed E-state index contributed by atoms with van der Waals surface area (Å²) in [5.74, 6) is 1.81. The Labute approximate surface area is 111 Å². The maximum absolute atomic E-state index is 13.7. The predicted octanol–water partition coefficient (Wildman–Crippen LogP) is 4.65. The molecular formula is C15H14ClFO. The number of aryl methyl sites for hydroxylation is 1. The van der Waals surface area contributed by atoms with Crippen molar-refractivity contribution in [3.63, 3.8) is 0 Å². The van der Waals surface area contributed by atoms with E-state index in [2.05, 4.69) is 5.92 Å². The molecule has 0 amide bonds. The molecule has 0 spiro atoms. The fourth-order valence-electron chi connectivity index (χ4n) is 1.81. The Kier molecular flexibility index (Phi) is 4.58. The van der Waals surface area contributed by atoms with E-state index in [1.165, 1.54) is 18.2 Å². The van der Waals surface area contributed by atoms with Gasteiger partial charge in [0.15, 0.2) is 5.82 Å². The number of phenols is 1. The molecule has 2 rings (SSSR count). The molecule has 0 aliphatic rings. The van der Waals surface area contributed by atoms with Crippen LogP contribution in [0.2, 0.25) is 5.02 Å². The van der Waals surface area contributed by atoms with Crippen LogP contribution in [0.15, 0.2) is 18.2 Å². The lowest BCUT2D eigenvalue weighted by Crippen LogP contribution is -1.91. The van der Waals surface area contributed by atoms with E-state index in [1.54, 1.807) is 6.92 Å². The molecule has 0 aliphatic carbocycles. The van der Waals surface area contributed by atoms with Gasteiger partial charge in [0, 0.05) is 5.39 Å². The number of aromatic hydroxyl groups is 1. The first kappa shape index (κ1) is 14.3. The second kappa shape index (κ2) is 5.75. The Morgan fingerprint density at radius 2 is 1.89 bits per heavy atom. The Hall–Kier alpha value is -1.72. The van der Waals surface area contributed by atoms with Crippen LogP contribution in [-0.4, -0.2) is 5.11 Å². The lowest BCUT2D eigenvalue weighted by molar-refractivity contribution is 0.476. The van der Waals surface area contributed by atoms with Crippen molar-refractivity contribution in [3.05, 3.63) is 40.2 Å². The third-order valence-corrected chi connectivity index (χ3v) is 2.73. The molecule has 0 aromatic heterocycles. The van der Waals surface area contributed by atoms with Gasteiger partial charge in [-0.05, 0) is 36.1 Å². The predicted molar refractivity (Wildman–Crippen MR) is 74.6 cm³/mol. The molecule has 2 aromatic rings. The number of hydrogen-bond acceptors (Lipinski definition) is 1. The summed E-state index contributed by atoms with van der Waals surface area (Å²) in [6.07, 6.45) is 5.28. The number of terminal acetylenes is 1. The standard InChI is InChI=1S/C13H8ClFO.C2H6/c1-3-10-12-7(2)4-9(16)5-8(12)6-11(14)13(10)15;1-2/h1,4-6,16H,2H3;1-2H3. The first-order chi connectivity index (χ1) is 8.54. The number of phenolic OH excluding ortho intramolecular Hbond substituents is 1. The molecule has 0 radical (unpaired) electrons. The highest BCUT2D eigenvalue weighted by Gasteiger charge is 2.13. The van der Waals surface area contributed by atoms with E-state index in [4.69, 9.17) is 18.0 Å². The Bertz CT molecular complexity index is 627. The molecule has 1 N–H and O–H groups in total. The van der Waals surface area contributed by atoms with E-state index in [0.717, 1.165) is 5.56 Å². The summed E-state index contributed by atoms with van der Waals surface area (Å²) in [5, 5.41) is 10.7. The van der Waals surface area contributed by atoms with Gasteiger partial charge in [0.05, 0.1) is 10.6 Å². The van der Waals surface area contributed by atoms with Gasteiger partial charge in [-0.2, -0.15) is 0 Å². The molecule has 1 nitrogen and oxygen atoms in total. The molecule has 0 bridgehead atoms. The van der Waals surface area contributed by atoms with Crippen molar-refractivity contribution in [1.82, 2.24) is 0 Å². The van der Waals surface area contributed by atoms with Gasteiger partial charge in [0.2, 0.25) is 0 Å². The minimum Gasteiger partial charge on any atom is -0.508 e. The number of benzene rings is 2. The molecule has 0 fully saturated rings. The topological polar surface area (TPSA) is 20.2 Å². The summed E-state index contributed by atoms with van der Waals surface area (Å²) in [5.41, 5.74) is 0.860. The van der Waals surface area contributed by atoms with Crippen molar-refractivity contribution in [2.45, 2.75) is 20.8 Å². The minimum absolute atomic E-state index is 0.0366. The molecule has 2 aromatic carbocycles. The number of halogens is 2. The van der Waals surface area contributed by atoms with Crippen molar-refractivity contribution in [2.24, 2.45) is 0 Å². The lowest BCUT2D eigenvalue weighted by Gasteiger charge is -2.08. The molecule has 0 saturated carbocycles. The third-order valence-electron chi connectivity index (χ3n) is 2.46. The molecule has 3 heteroatoms. The van der Waals surface area contributed by atoms with E-state index in [-0.39, 0.29) is 16.3 Å². The first-order valence-electron chi connectivity index (χ1n) is 5.62. The average molecular weight is 265 g/mol. The number of rotatable bonds is 0. The van der Waals surface area contributed by atoms with Crippen LogP contribution in [0, 0.1) is 25.1 Å². The quantitative estimate of drug-likeness (QED) is 0.687. The van der Waals surface area contributed by atoms with Crippen LogP contribution in [0.5, 0.6) is 5.75 Å².